The second kappa shape index (κ2) is 8.47. The fourth-order valence-corrected chi connectivity index (χ4v) is 2.89. The van der Waals surface area contributed by atoms with Gasteiger partial charge in [-0.3, -0.25) is 4.79 Å². The smallest absolute Gasteiger partial charge is 0.252 e. The molecule has 0 radical (unpaired) electrons. The molecule has 0 saturated heterocycles. The summed E-state index contributed by atoms with van der Waals surface area (Å²) in [6.07, 6.45) is 1.86. The number of amides is 1. The van der Waals surface area contributed by atoms with Crippen LogP contribution < -0.4 is 15.2 Å². The molecule has 0 saturated carbocycles. The van der Waals surface area contributed by atoms with Crippen LogP contribution >= 0.6 is 0 Å². The molecule has 1 aromatic heterocycles. The Morgan fingerprint density at radius 1 is 1.11 bits per heavy atom. The lowest BCUT2D eigenvalue weighted by atomic mass is 10.0. The van der Waals surface area contributed by atoms with Crippen LogP contribution in [-0.4, -0.2) is 29.6 Å². The number of nitrogens with two attached hydrogens (primary N) is 1. The van der Waals surface area contributed by atoms with Gasteiger partial charge in [0.1, 0.15) is 23.6 Å². The molecule has 0 aliphatic rings. The average molecular weight is 381 g/mol. The fraction of sp³-hybridized carbons (Fsp3) is 0.190. The minimum absolute atomic E-state index is 0.304. The monoisotopic (exact) mass is 381 g/mol. The summed E-state index contributed by atoms with van der Waals surface area (Å²) < 4.78 is 24.5. The van der Waals surface area contributed by atoms with E-state index in [1.54, 1.807) is 24.3 Å². The molecule has 1 heterocycles. The molecule has 0 fully saturated rings. The van der Waals surface area contributed by atoms with Gasteiger partial charge in [-0.15, -0.1) is 0 Å². The highest BCUT2D eigenvalue weighted by Gasteiger charge is 2.13. The van der Waals surface area contributed by atoms with Crippen molar-refractivity contribution in [1.29, 1.82) is 0 Å². The Bertz CT molecular complexity index is 1010. The summed E-state index contributed by atoms with van der Waals surface area (Å²) in [5.74, 6) is 0.0258. The van der Waals surface area contributed by atoms with Crippen molar-refractivity contribution in [1.82, 2.24) is 9.97 Å². The molecule has 0 bridgehead atoms. The van der Waals surface area contributed by atoms with Gasteiger partial charge in [-0.1, -0.05) is 6.07 Å². The van der Waals surface area contributed by atoms with Crippen LogP contribution in [0.2, 0.25) is 0 Å². The molecule has 0 unspecified atom stereocenters. The molecule has 2 N–H and O–H groups in total. The topological polar surface area (TPSA) is 87.3 Å². The molecule has 0 atom stereocenters. The van der Waals surface area contributed by atoms with Gasteiger partial charge in [-0.05, 0) is 48.9 Å². The van der Waals surface area contributed by atoms with Crippen LogP contribution in [0.4, 0.5) is 4.39 Å². The SMILES string of the molecule is CCOc1ccc(F)cc1-c1cc(Cc2ccc(OC)c(C(N)=O)c2)ncn1. The van der Waals surface area contributed by atoms with Crippen LogP contribution in [0.3, 0.4) is 0 Å². The highest BCUT2D eigenvalue weighted by molar-refractivity contribution is 5.95. The third-order valence-electron chi connectivity index (χ3n) is 4.16. The number of carbonyl (C=O) groups is 1. The van der Waals surface area contributed by atoms with Crippen molar-refractivity contribution >= 4 is 5.91 Å². The number of nitrogens with zero attached hydrogens (tertiary/aromatic N) is 2. The van der Waals surface area contributed by atoms with Gasteiger partial charge in [0, 0.05) is 17.7 Å². The maximum atomic E-state index is 13.8. The largest absolute Gasteiger partial charge is 0.496 e. The number of benzene rings is 2. The number of methoxy groups -OCH3 is 1. The number of carbonyl (C=O) groups excluding carboxylic acids is 1. The molecular formula is C21H20FN3O3. The van der Waals surface area contributed by atoms with Crippen molar-refractivity contribution in [2.75, 3.05) is 13.7 Å². The first-order chi connectivity index (χ1) is 13.5. The van der Waals surface area contributed by atoms with Crippen LogP contribution in [0.1, 0.15) is 28.5 Å². The molecule has 0 aliphatic heterocycles. The molecule has 28 heavy (non-hydrogen) atoms. The number of primary amides is 1. The van der Waals surface area contributed by atoms with E-state index in [0.29, 0.717) is 47.0 Å². The standard InChI is InChI=1S/C21H20FN3O3/c1-3-28-20-7-5-14(22)10-16(20)18-11-15(24-12-25-18)8-13-4-6-19(27-2)17(9-13)21(23)26/h4-7,9-12H,3,8H2,1-2H3,(H2,23,26). The van der Waals surface area contributed by atoms with Crippen molar-refractivity contribution in [3.05, 3.63) is 71.4 Å². The van der Waals surface area contributed by atoms with Gasteiger partial charge >= 0.3 is 0 Å². The third-order valence-corrected chi connectivity index (χ3v) is 4.16. The van der Waals surface area contributed by atoms with Crippen LogP contribution in [0.5, 0.6) is 11.5 Å². The Balaban J connectivity index is 1.94. The van der Waals surface area contributed by atoms with Crippen LogP contribution in [0.25, 0.3) is 11.3 Å². The summed E-state index contributed by atoms with van der Waals surface area (Å²) in [7, 11) is 1.48. The molecule has 2 aromatic carbocycles. The first-order valence-electron chi connectivity index (χ1n) is 8.72. The molecule has 3 aromatic rings. The zero-order chi connectivity index (χ0) is 20.1. The number of hydrogen-bond acceptors (Lipinski definition) is 5. The molecule has 6 nitrogen and oxygen atoms in total. The highest BCUT2D eigenvalue weighted by Crippen LogP contribution is 2.30. The van der Waals surface area contributed by atoms with Crippen LogP contribution in [0, 0.1) is 5.82 Å². The number of rotatable bonds is 7. The first-order valence-corrected chi connectivity index (χ1v) is 8.72. The quantitative estimate of drug-likeness (QED) is 0.678. The third kappa shape index (κ3) is 4.25. The minimum atomic E-state index is -0.566. The van der Waals surface area contributed by atoms with E-state index in [9.17, 15) is 9.18 Å². The maximum absolute atomic E-state index is 13.8. The van der Waals surface area contributed by atoms with Gasteiger partial charge < -0.3 is 15.2 Å². The van der Waals surface area contributed by atoms with E-state index in [1.165, 1.54) is 25.6 Å². The van der Waals surface area contributed by atoms with Crippen molar-refractivity contribution in [2.45, 2.75) is 13.3 Å². The molecule has 7 heteroatoms. The van der Waals surface area contributed by atoms with E-state index in [1.807, 2.05) is 13.0 Å². The van der Waals surface area contributed by atoms with Gasteiger partial charge in [-0.2, -0.15) is 0 Å². The summed E-state index contributed by atoms with van der Waals surface area (Å²) in [5.41, 5.74) is 8.37. The van der Waals surface area contributed by atoms with Gasteiger partial charge in [0.2, 0.25) is 0 Å². The zero-order valence-electron chi connectivity index (χ0n) is 15.6. The Morgan fingerprint density at radius 2 is 1.89 bits per heavy atom. The summed E-state index contributed by atoms with van der Waals surface area (Å²) in [5, 5.41) is 0. The second-order valence-electron chi connectivity index (χ2n) is 6.04. The summed E-state index contributed by atoms with van der Waals surface area (Å²) >= 11 is 0. The van der Waals surface area contributed by atoms with Crippen LogP contribution in [-0.2, 0) is 6.42 Å². The average Bonchev–Trinajstić information content (AvgIpc) is 2.69. The van der Waals surface area contributed by atoms with E-state index in [-0.39, 0.29) is 5.82 Å². The van der Waals surface area contributed by atoms with Crippen molar-refractivity contribution in [3.8, 4) is 22.8 Å². The van der Waals surface area contributed by atoms with Crippen molar-refractivity contribution in [2.24, 2.45) is 5.73 Å². The van der Waals surface area contributed by atoms with E-state index < -0.39 is 5.91 Å². The Kier molecular flexibility index (Phi) is 5.84. The highest BCUT2D eigenvalue weighted by atomic mass is 19.1. The van der Waals surface area contributed by atoms with Crippen LogP contribution in [0.15, 0.2) is 48.8 Å². The predicted octanol–water partition coefficient (Wildman–Crippen LogP) is 3.38. The Morgan fingerprint density at radius 3 is 2.61 bits per heavy atom. The lowest BCUT2D eigenvalue weighted by molar-refractivity contribution is 0.0997. The number of ether oxygens (including phenoxy) is 2. The minimum Gasteiger partial charge on any atom is -0.496 e. The Hall–Kier alpha value is -3.48. The zero-order valence-corrected chi connectivity index (χ0v) is 15.6. The summed E-state index contributed by atoms with van der Waals surface area (Å²) in [4.78, 5) is 20.2. The van der Waals surface area contributed by atoms with E-state index in [0.717, 1.165) is 5.56 Å². The molecule has 3 rings (SSSR count). The van der Waals surface area contributed by atoms with E-state index >= 15 is 0 Å². The maximum Gasteiger partial charge on any atom is 0.252 e. The number of aromatic nitrogens is 2. The van der Waals surface area contributed by atoms with E-state index in [4.69, 9.17) is 15.2 Å². The molecule has 0 aliphatic carbocycles. The van der Waals surface area contributed by atoms with Gasteiger partial charge in [0.05, 0.1) is 25.0 Å². The Labute approximate surface area is 162 Å². The predicted molar refractivity (Wildman–Crippen MR) is 103 cm³/mol. The lowest BCUT2D eigenvalue weighted by Crippen LogP contribution is -2.13. The molecule has 1 amide bonds. The normalized spacial score (nSPS) is 10.5. The molecular weight excluding hydrogens is 361 g/mol. The van der Waals surface area contributed by atoms with Gasteiger partial charge in [-0.25, -0.2) is 14.4 Å². The number of halogens is 1. The summed E-state index contributed by atoms with van der Waals surface area (Å²) in [6.45, 7) is 2.32. The molecule has 0 spiro atoms. The number of hydrogen-bond donors (Lipinski definition) is 1. The van der Waals surface area contributed by atoms with E-state index in [2.05, 4.69) is 9.97 Å². The first kappa shape index (κ1) is 19.3. The van der Waals surface area contributed by atoms with Crippen molar-refractivity contribution in [3.63, 3.8) is 0 Å². The lowest BCUT2D eigenvalue weighted by Gasteiger charge is -2.11. The summed E-state index contributed by atoms with van der Waals surface area (Å²) in [6, 6.07) is 11.3. The van der Waals surface area contributed by atoms with Gasteiger partial charge in [0.25, 0.3) is 5.91 Å². The second-order valence-corrected chi connectivity index (χ2v) is 6.04. The van der Waals surface area contributed by atoms with Gasteiger partial charge in [0.15, 0.2) is 0 Å². The fourth-order valence-electron chi connectivity index (χ4n) is 2.89. The van der Waals surface area contributed by atoms with Crippen molar-refractivity contribution < 1.29 is 18.7 Å². The molecule has 144 valence electrons.